The van der Waals surface area contributed by atoms with Gasteiger partial charge in [0.2, 0.25) is 6.41 Å². The zero-order chi connectivity index (χ0) is 21.4. The molecule has 0 heterocycles. The van der Waals surface area contributed by atoms with E-state index in [0.29, 0.717) is 18.5 Å². The molecule has 6 heteroatoms. The van der Waals surface area contributed by atoms with Crippen molar-refractivity contribution in [3.8, 4) is 0 Å². The summed E-state index contributed by atoms with van der Waals surface area (Å²) < 4.78 is 28.7. The van der Waals surface area contributed by atoms with E-state index in [1.165, 1.54) is 57.8 Å². The first-order valence-electron chi connectivity index (χ1n) is 11.4. The third-order valence-corrected chi connectivity index (χ3v) is 6.78. The van der Waals surface area contributed by atoms with Crippen LogP contribution < -0.4 is 9.03 Å². The fourth-order valence-electron chi connectivity index (χ4n) is 3.50. The van der Waals surface area contributed by atoms with Crippen LogP contribution in [-0.2, 0) is 15.0 Å². The molecule has 0 fully saturated rings. The van der Waals surface area contributed by atoms with Crippen molar-refractivity contribution < 1.29 is 13.2 Å². The van der Waals surface area contributed by atoms with Gasteiger partial charge in [-0.1, -0.05) is 103 Å². The van der Waals surface area contributed by atoms with Crippen molar-refractivity contribution in [1.82, 2.24) is 4.72 Å². The second-order valence-corrected chi connectivity index (χ2v) is 9.37. The second-order valence-electron chi connectivity index (χ2n) is 7.79. The molecule has 0 spiro atoms. The van der Waals surface area contributed by atoms with Crippen LogP contribution in [0.3, 0.4) is 0 Å². The third-order valence-electron chi connectivity index (χ3n) is 5.33. The molecule has 5 nitrogen and oxygen atoms in total. The van der Waals surface area contributed by atoms with Crippen LogP contribution in [0.25, 0.3) is 0 Å². The van der Waals surface area contributed by atoms with Crippen LogP contribution in [0.15, 0.2) is 30.3 Å². The van der Waals surface area contributed by atoms with Gasteiger partial charge in [0, 0.05) is 6.04 Å². The number of para-hydroxylation sites is 1. The molecule has 1 atom stereocenters. The molecule has 1 rings (SSSR count). The molecule has 0 aliphatic heterocycles. The molecule has 0 radical (unpaired) electrons. The van der Waals surface area contributed by atoms with E-state index in [9.17, 15) is 13.2 Å². The van der Waals surface area contributed by atoms with E-state index in [4.69, 9.17) is 0 Å². The van der Waals surface area contributed by atoms with Gasteiger partial charge in [0.1, 0.15) is 0 Å². The summed E-state index contributed by atoms with van der Waals surface area (Å²) in [6, 6.07) is 8.28. The molecule has 1 aromatic rings. The molecule has 0 bridgehead atoms. The summed E-state index contributed by atoms with van der Waals surface area (Å²) in [5, 5.41) is 0. The van der Waals surface area contributed by atoms with Crippen molar-refractivity contribution >= 4 is 22.3 Å². The Hall–Kier alpha value is -1.40. The van der Waals surface area contributed by atoms with Gasteiger partial charge in [0.25, 0.3) is 0 Å². The Morgan fingerprint density at radius 2 is 1.38 bits per heavy atom. The number of unbranched alkanes of at least 4 members (excludes halogenated alkanes) is 10. The van der Waals surface area contributed by atoms with Crippen molar-refractivity contribution in [2.75, 3.05) is 4.31 Å². The van der Waals surface area contributed by atoms with E-state index in [1.54, 1.807) is 30.3 Å². The monoisotopic (exact) mass is 424 g/mol. The summed E-state index contributed by atoms with van der Waals surface area (Å²) in [5.74, 6) is 0. The minimum Gasteiger partial charge on any atom is -0.277 e. The average Bonchev–Trinajstić information content (AvgIpc) is 2.72. The summed E-state index contributed by atoms with van der Waals surface area (Å²) in [7, 11) is -3.89. The molecular weight excluding hydrogens is 384 g/mol. The second kappa shape index (κ2) is 15.4. The Bertz CT molecular complexity index is 635. The van der Waals surface area contributed by atoms with Gasteiger partial charge in [-0.2, -0.15) is 17.4 Å². The topological polar surface area (TPSA) is 66.5 Å². The van der Waals surface area contributed by atoms with Crippen LogP contribution in [0.4, 0.5) is 5.69 Å². The van der Waals surface area contributed by atoms with Crippen LogP contribution in [0, 0.1) is 0 Å². The smallest absolute Gasteiger partial charge is 0.277 e. The van der Waals surface area contributed by atoms with E-state index >= 15 is 0 Å². The lowest BCUT2D eigenvalue weighted by Gasteiger charge is -2.22. The predicted molar refractivity (Wildman–Crippen MR) is 122 cm³/mol. The van der Waals surface area contributed by atoms with E-state index in [0.717, 1.165) is 23.6 Å². The van der Waals surface area contributed by atoms with E-state index < -0.39 is 10.2 Å². The van der Waals surface area contributed by atoms with E-state index in [-0.39, 0.29) is 6.04 Å². The maximum Gasteiger partial charge on any atom is 0.308 e. The van der Waals surface area contributed by atoms with Gasteiger partial charge < -0.3 is 0 Å². The van der Waals surface area contributed by atoms with Crippen LogP contribution in [0.2, 0.25) is 0 Å². The first-order chi connectivity index (χ1) is 14.0. The highest BCUT2D eigenvalue weighted by molar-refractivity contribution is 7.91. The molecule has 166 valence electrons. The molecule has 1 N–H and O–H groups in total. The van der Waals surface area contributed by atoms with Crippen molar-refractivity contribution in [3.63, 3.8) is 0 Å². The molecule has 1 aromatic carbocycles. The van der Waals surface area contributed by atoms with Crippen molar-refractivity contribution in [1.29, 1.82) is 0 Å². The Morgan fingerprint density at radius 1 is 0.862 bits per heavy atom. The number of benzene rings is 1. The third kappa shape index (κ3) is 10.8. The quantitative estimate of drug-likeness (QED) is 0.233. The van der Waals surface area contributed by atoms with Crippen molar-refractivity contribution in [2.24, 2.45) is 0 Å². The highest BCUT2D eigenvalue weighted by atomic mass is 32.2. The normalized spacial score (nSPS) is 12.6. The molecule has 1 amide bonds. The fraction of sp³-hybridized carbons (Fsp3) is 0.696. The molecule has 0 saturated heterocycles. The summed E-state index contributed by atoms with van der Waals surface area (Å²) in [4.78, 5) is 11.4. The van der Waals surface area contributed by atoms with Crippen LogP contribution in [0.1, 0.15) is 97.3 Å². The summed E-state index contributed by atoms with van der Waals surface area (Å²) >= 11 is 0. The minimum absolute atomic E-state index is 0.148. The first-order valence-corrected chi connectivity index (χ1v) is 12.8. The number of rotatable bonds is 18. The van der Waals surface area contributed by atoms with Crippen LogP contribution in [0.5, 0.6) is 0 Å². The highest BCUT2D eigenvalue weighted by Crippen LogP contribution is 2.17. The highest BCUT2D eigenvalue weighted by Gasteiger charge is 2.24. The number of hydrogen-bond acceptors (Lipinski definition) is 3. The SMILES string of the molecule is CCCCCCCCCCCCCC(CC)NS(=O)(=O)N(C=O)c1ccccc1. The molecule has 0 aromatic heterocycles. The maximum atomic E-state index is 12.6. The first kappa shape index (κ1) is 25.6. The van der Waals surface area contributed by atoms with Gasteiger partial charge in [-0.05, 0) is 25.0 Å². The zero-order valence-corrected chi connectivity index (χ0v) is 19.1. The molecule has 0 aliphatic rings. The van der Waals surface area contributed by atoms with Crippen molar-refractivity contribution in [3.05, 3.63) is 30.3 Å². The zero-order valence-electron chi connectivity index (χ0n) is 18.3. The van der Waals surface area contributed by atoms with Crippen molar-refractivity contribution in [2.45, 2.75) is 103 Å². The molecule has 1 unspecified atom stereocenters. The summed E-state index contributed by atoms with van der Waals surface area (Å²) in [5.41, 5.74) is 0.347. The lowest BCUT2D eigenvalue weighted by atomic mass is 10.0. The van der Waals surface area contributed by atoms with E-state index in [2.05, 4.69) is 11.6 Å². The number of nitrogens with one attached hydrogen (secondary N) is 1. The van der Waals surface area contributed by atoms with Gasteiger partial charge >= 0.3 is 10.2 Å². The molecule has 0 aliphatic carbocycles. The summed E-state index contributed by atoms with van der Waals surface area (Å²) in [6.45, 7) is 4.22. The lowest BCUT2D eigenvalue weighted by molar-refractivity contribution is -0.106. The Labute approximate surface area is 178 Å². The van der Waals surface area contributed by atoms with Gasteiger partial charge in [-0.15, -0.1) is 0 Å². The number of hydrogen-bond donors (Lipinski definition) is 1. The Kier molecular flexibility index (Phi) is 13.7. The standard InChI is InChI=1S/C23H40N2O3S/c1-3-5-6-7-8-9-10-11-12-13-15-18-22(4-2)24-29(27,28)25(21-26)23-19-16-14-17-20-23/h14,16-17,19-22,24H,3-13,15,18H2,1-2H3. The predicted octanol–water partition coefficient (Wildman–Crippen LogP) is 5.96. The summed E-state index contributed by atoms with van der Waals surface area (Å²) in [6.07, 6.45) is 15.9. The van der Waals surface area contributed by atoms with Crippen LogP contribution in [-0.4, -0.2) is 20.9 Å². The minimum atomic E-state index is -3.89. The number of nitrogens with zero attached hydrogens (tertiary/aromatic N) is 1. The van der Waals surface area contributed by atoms with Gasteiger partial charge in [0.15, 0.2) is 0 Å². The van der Waals surface area contributed by atoms with Gasteiger partial charge in [-0.3, -0.25) is 4.79 Å². The van der Waals surface area contributed by atoms with Gasteiger partial charge in [-0.25, -0.2) is 0 Å². The lowest BCUT2D eigenvalue weighted by Crippen LogP contribution is -2.44. The largest absolute Gasteiger partial charge is 0.308 e. The number of carbonyl (C=O) groups is 1. The molecule has 29 heavy (non-hydrogen) atoms. The molecular formula is C23H40N2O3S. The Balaban J connectivity index is 2.27. The van der Waals surface area contributed by atoms with E-state index in [1.807, 2.05) is 6.92 Å². The average molecular weight is 425 g/mol. The molecule has 0 saturated carbocycles. The van der Waals surface area contributed by atoms with Gasteiger partial charge in [0.05, 0.1) is 5.69 Å². The number of amides is 1. The van der Waals surface area contributed by atoms with Crippen LogP contribution >= 0.6 is 0 Å². The maximum absolute atomic E-state index is 12.6. The number of anilines is 1. The fourth-order valence-corrected chi connectivity index (χ4v) is 4.83. The Morgan fingerprint density at radius 3 is 1.86 bits per heavy atom. The number of carbonyl (C=O) groups excluding carboxylic acids is 1.